The van der Waals surface area contributed by atoms with Gasteiger partial charge in [0, 0.05) is 22.9 Å². The van der Waals surface area contributed by atoms with Crippen LogP contribution in [0.2, 0.25) is 0 Å². The van der Waals surface area contributed by atoms with Crippen LogP contribution < -0.4 is 5.32 Å². The van der Waals surface area contributed by atoms with E-state index in [1.54, 1.807) is 6.20 Å². The summed E-state index contributed by atoms with van der Waals surface area (Å²) in [5, 5.41) is 3.52. The molecule has 1 atom stereocenters. The van der Waals surface area contributed by atoms with Gasteiger partial charge in [-0.3, -0.25) is 4.98 Å². The van der Waals surface area contributed by atoms with E-state index in [2.05, 4.69) is 52.7 Å². The Labute approximate surface area is 106 Å². The molecule has 1 aromatic heterocycles. The summed E-state index contributed by atoms with van der Waals surface area (Å²) in [6, 6.07) is 2.44. The molecular formula is C13H19BrN2. The zero-order chi connectivity index (χ0) is 12.0. The molecule has 0 amide bonds. The van der Waals surface area contributed by atoms with Crippen LogP contribution in [-0.4, -0.2) is 11.5 Å². The molecule has 2 nitrogen and oxygen atoms in total. The fourth-order valence-electron chi connectivity index (χ4n) is 1.59. The monoisotopic (exact) mass is 282 g/mol. The Bertz CT molecular complexity index is 350. The van der Waals surface area contributed by atoms with E-state index in [0.29, 0.717) is 6.04 Å². The number of halogens is 1. The molecule has 0 aliphatic rings. The molecule has 1 heterocycles. The van der Waals surface area contributed by atoms with Gasteiger partial charge in [0.15, 0.2) is 0 Å². The summed E-state index contributed by atoms with van der Waals surface area (Å²) in [6.07, 6.45) is 5.81. The van der Waals surface area contributed by atoms with Gasteiger partial charge in [0.2, 0.25) is 0 Å². The van der Waals surface area contributed by atoms with E-state index >= 15 is 0 Å². The second kappa shape index (κ2) is 6.81. The highest BCUT2D eigenvalue weighted by Crippen LogP contribution is 2.22. The Morgan fingerprint density at radius 3 is 2.88 bits per heavy atom. The number of hydrogen-bond acceptors (Lipinski definition) is 2. The van der Waals surface area contributed by atoms with Crippen LogP contribution in [0.1, 0.15) is 38.3 Å². The van der Waals surface area contributed by atoms with Crippen LogP contribution in [-0.2, 0) is 0 Å². The lowest BCUT2D eigenvalue weighted by molar-refractivity contribution is 0.526. The van der Waals surface area contributed by atoms with Gasteiger partial charge in [0.05, 0.1) is 0 Å². The SMILES string of the molecule is C=C(C)CC(NCCC)c1cncc(Br)c1. The van der Waals surface area contributed by atoms with Crippen molar-refractivity contribution in [2.24, 2.45) is 0 Å². The number of rotatable bonds is 6. The van der Waals surface area contributed by atoms with Crippen LogP contribution in [0, 0.1) is 0 Å². The molecule has 1 aromatic rings. The molecule has 0 radical (unpaired) electrons. The van der Waals surface area contributed by atoms with Gasteiger partial charge in [-0.15, -0.1) is 6.58 Å². The highest BCUT2D eigenvalue weighted by molar-refractivity contribution is 9.10. The molecule has 0 fully saturated rings. The average Bonchev–Trinajstić information content (AvgIpc) is 2.23. The van der Waals surface area contributed by atoms with Gasteiger partial charge < -0.3 is 5.32 Å². The molecule has 0 aliphatic carbocycles. The van der Waals surface area contributed by atoms with E-state index in [4.69, 9.17) is 0 Å². The van der Waals surface area contributed by atoms with Crippen LogP contribution in [0.5, 0.6) is 0 Å². The van der Waals surface area contributed by atoms with Gasteiger partial charge in [-0.25, -0.2) is 0 Å². The van der Waals surface area contributed by atoms with Gasteiger partial charge in [0.25, 0.3) is 0 Å². The molecule has 1 unspecified atom stereocenters. The summed E-state index contributed by atoms with van der Waals surface area (Å²) in [4.78, 5) is 4.20. The quantitative estimate of drug-likeness (QED) is 0.802. The lowest BCUT2D eigenvalue weighted by Crippen LogP contribution is -2.22. The van der Waals surface area contributed by atoms with E-state index in [-0.39, 0.29) is 0 Å². The molecule has 0 aromatic carbocycles. The van der Waals surface area contributed by atoms with E-state index in [0.717, 1.165) is 23.9 Å². The smallest absolute Gasteiger partial charge is 0.0410 e. The van der Waals surface area contributed by atoms with Crippen LogP contribution >= 0.6 is 15.9 Å². The molecule has 88 valence electrons. The number of nitrogens with one attached hydrogen (secondary N) is 1. The molecule has 1 rings (SSSR count). The van der Waals surface area contributed by atoms with Gasteiger partial charge in [-0.1, -0.05) is 12.5 Å². The number of aromatic nitrogens is 1. The minimum absolute atomic E-state index is 0.322. The maximum atomic E-state index is 4.20. The summed E-state index contributed by atoms with van der Waals surface area (Å²) in [7, 11) is 0. The molecular weight excluding hydrogens is 264 g/mol. The molecule has 0 saturated carbocycles. The molecule has 0 aliphatic heterocycles. The van der Waals surface area contributed by atoms with E-state index in [1.807, 2.05) is 6.20 Å². The normalized spacial score (nSPS) is 12.4. The summed E-state index contributed by atoms with van der Waals surface area (Å²) in [6.45, 7) is 9.23. The number of pyridine rings is 1. The van der Waals surface area contributed by atoms with Crippen molar-refractivity contribution in [2.75, 3.05) is 6.54 Å². The molecule has 1 N–H and O–H groups in total. The predicted molar refractivity (Wildman–Crippen MR) is 72.4 cm³/mol. The Kier molecular flexibility index (Phi) is 5.71. The first-order valence-electron chi connectivity index (χ1n) is 5.61. The van der Waals surface area contributed by atoms with Crippen molar-refractivity contribution in [3.8, 4) is 0 Å². The zero-order valence-electron chi connectivity index (χ0n) is 9.96. The topological polar surface area (TPSA) is 24.9 Å². The van der Waals surface area contributed by atoms with Crippen molar-refractivity contribution >= 4 is 15.9 Å². The Hall–Kier alpha value is -0.670. The predicted octanol–water partition coefficient (Wildman–Crippen LogP) is 3.85. The second-order valence-corrected chi connectivity index (χ2v) is 5.02. The summed E-state index contributed by atoms with van der Waals surface area (Å²) in [5.74, 6) is 0. The lowest BCUT2D eigenvalue weighted by Gasteiger charge is -2.18. The van der Waals surface area contributed by atoms with Crippen LogP contribution in [0.15, 0.2) is 35.1 Å². The maximum absolute atomic E-state index is 4.20. The summed E-state index contributed by atoms with van der Waals surface area (Å²) < 4.78 is 1.02. The third kappa shape index (κ3) is 4.45. The fourth-order valence-corrected chi connectivity index (χ4v) is 1.98. The van der Waals surface area contributed by atoms with Crippen molar-refractivity contribution in [3.63, 3.8) is 0 Å². The van der Waals surface area contributed by atoms with Crippen molar-refractivity contribution in [1.82, 2.24) is 10.3 Å². The fraction of sp³-hybridized carbons (Fsp3) is 0.462. The number of hydrogen-bond donors (Lipinski definition) is 1. The summed E-state index contributed by atoms with van der Waals surface area (Å²) >= 11 is 3.45. The first-order valence-corrected chi connectivity index (χ1v) is 6.41. The van der Waals surface area contributed by atoms with Crippen LogP contribution in [0.4, 0.5) is 0 Å². The molecule has 0 saturated heterocycles. The number of nitrogens with zero attached hydrogens (tertiary/aromatic N) is 1. The average molecular weight is 283 g/mol. The van der Waals surface area contributed by atoms with Gasteiger partial charge in [-0.05, 0) is 53.9 Å². The van der Waals surface area contributed by atoms with Gasteiger partial charge >= 0.3 is 0 Å². The van der Waals surface area contributed by atoms with Gasteiger partial charge in [0.1, 0.15) is 0 Å². The third-order valence-electron chi connectivity index (χ3n) is 2.32. The van der Waals surface area contributed by atoms with Crippen molar-refractivity contribution < 1.29 is 0 Å². The first-order chi connectivity index (χ1) is 7.63. The third-order valence-corrected chi connectivity index (χ3v) is 2.76. The highest BCUT2D eigenvalue weighted by Gasteiger charge is 2.11. The molecule has 0 bridgehead atoms. The largest absolute Gasteiger partial charge is 0.310 e. The van der Waals surface area contributed by atoms with Gasteiger partial charge in [-0.2, -0.15) is 0 Å². The van der Waals surface area contributed by atoms with E-state index in [9.17, 15) is 0 Å². The van der Waals surface area contributed by atoms with Crippen molar-refractivity contribution in [1.29, 1.82) is 0 Å². The van der Waals surface area contributed by atoms with Crippen LogP contribution in [0.25, 0.3) is 0 Å². The standard InChI is InChI=1S/C13H19BrN2/c1-4-5-16-13(6-10(2)3)11-7-12(14)9-15-8-11/h7-9,13,16H,2,4-6H2,1,3H3. The Morgan fingerprint density at radius 2 is 2.31 bits per heavy atom. The van der Waals surface area contributed by atoms with Crippen LogP contribution in [0.3, 0.4) is 0 Å². The Morgan fingerprint density at radius 1 is 1.56 bits per heavy atom. The van der Waals surface area contributed by atoms with E-state index in [1.165, 1.54) is 11.1 Å². The lowest BCUT2D eigenvalue weighted by atomic mass is 10.0. The second-order valence-electron chi connectivity index (χ2n) is 4.10. The molecule has 0 spiro atoms. The minimum Gasteiger partial charge on any atom is -0.310 e. The summed E-state index contributed by atoms with van der Waals surface area (Å²) in [5.41, 5.74) is 2.40. The molecule has 3 heteroatoms. The molecule has 16 heavy (non-hydrogen) atoms. The highest BCUT2D eigenvalue weighted by atomic mass is 79.9. The zero-order valence-corrected chi connectivity index (χ0v) is 11.5. The van der Waals surface area contributed by atoms with Crippen molar-refractivity contribution in [2.45, 2.75) is 32.7 Å². The van der Waals surface area contributed by atoms with Crippen molar-refractivity contribution in [3.05, 3.63) is 40.6 Å². The minimum atomic E-state index is 0.322. The van der Waals surface area contributed by atoms with E-state index < -0.39 is 0 Å². The maximum Gasteiger partial charge on any atom is 0.0410 e. The Balaban J connectivity index is 2.78. The first kappa shape index (κ1) is 13.4.